The van der Waals surface area contributed by atoms with Gasteiger partial charge in [0.2, 0.25) is 0 Å². The summed E-state index contributed by atoms with van der Waals surface area (Å²) in [5.74, 6) is 0.00296. The molecule has 19 heavy (non-hydrogen) atoms. The summed E-state index contributed by atoms with van der Waals surface area (Å²) in [4.78, 5) is 15.3. The van der Waals surface area contributed by atoms with E-state index in [0.717, 1.165) is 5.56 Å². The summed E-state index contributed by atoms with van der Waals surface area (Å²) < 4.78 is 0. The van der Waals surface area contributed by atoms with Crippen molar-refractivity contribution in [2.75, 3.05) is 12.8 Å². The van der Waals surface area contributed by atoms with Crippen molar-refractivity contribution in [2.24, 2.45) is 0 Å². The van der Waals surface area contributed by atoms with Gasteiger partial charge in [-0.1, -0.05) is 0 Å². The highest BCUT2D eigenvalue weighted by Crippen LogP contribution is 2.19. The van der Waals surface area contributed by atoms with E-state index >= 15 is 0 Å². The second-order valence-electron chi connectivity index (χ2n) is 4.82. The summed E-state index contributed by atoms with van der Waals surface area (Å²) in [5.41, 5.74) is 9.30. The first-order valence-electron chi connectivity index (χ1n) is 6.13. The molecule has 2 rings (SSSR count). The normalized spacial score (nSPS) is 10.5. The smallest absolute Gasteiger partial charge is 0.254 e. The Balaban J connectivity index is 2.17. The van der Waals surface area contributed by atoms with E-state index in [1.165, 1.54) is 10.4 Å². The van der Waals surface area contributed by atoms with Crippen LogP contribution in [0.2, 0.25) is 0 Å². The number of hydrogen-bond acceptors (Lipinski definition) is 3. The molecule has 4 heteroatoms. The molecule has 0 bridgehead atoms. The number of nitrogens with two attached hydrogens (primary N) is 1. The number of amides is 1. The highest BCUT2D eigenvalue weighted by molar-refractivity contribution is 7.10. The summed E-state index contributed by atoms with van der Waals surface area (Å²) >= 11 is 1.68. The third kappa shape index (κ3) is 3.15. The molecular weight excluding hydrogens is 256 g/mol. The Kier molecular flexibility index (Phi) is 3.90. The molecule has 0 aliphatic rings. The molecule has 2 N–H and O–H groups in total. The molecule has 1 heterocycles. The zero-order valence-electron chi connectivity index (χ0n) is 11.4. The molecule has 1 aromatic carbocycles. The van der Waals surface area contributed by atoms with Gasteiger partial charge in [-0.05, 0) is 54.6 Å². The van der Waals surface area contributed by atoms with Gasteiger partial charge in [-0.15, -0.1) is 11.3 Å². The molecule has 0 atom stereocenters. The van der Waals surface area contributed by atoms with Gasteiger partial charge in [0, 0.05) is 23.2 Å². The van der Waals surface area contributed by atoms with Gasteiger partial charge in [-0.2, -0.15) is 0 Å². The number of nitrogen functional groups attached to an aromatic ring is 1. The van der Waals surface area contributed by atoms with Crippen LogP contribution in [0.1, 0.15) is 26.4 Å². The number of carbonyl (C=O) groups excluding carboxylic acids is 1. The van der Waals surface area contributed by atoms with Gasteiger partial charge in [-0.25, -0.2) is 0 Å². The van der Waals surface area contributed by atoms with E-state index in [-0.39, 0.29) is 5.91 Å². The van der Waals surface area contributed by atoms with Gasteiger partial charge < -0.3 is 10.6 Å². The fourth-order valence-corrected chi connectivity index (χ4v) is 2.97. The Labute approximate surface area is 117 Å². The van der Waals surface area contributed by atoms with E-state index in [1.807, 2.05) is 31.5 Å². The quantitative estimate of drug-likeness (QED) is 0.874. The minimum absolute atomic E-state index is 0.00296. The molecular formula is C15H18N2OS. The third-order valence-corrected chi connectivity index (χ3v) is 4.05. The molecule has 2 aromatic rings. The minimum atomic E-state index is 0.00296. The van der Waals surface area contributed by atoms with Crippen LogP contribution < -0.4 is 5.73 Å². The summed E-state index contributed by atoms with van der Waals surface area (Å²) in [7, 11) is 1.82. The van der Waals surface area contributed by atoms with Crippen molar-refractivity contribution in [3.8, 4) is 0 Å². The lowest BCUT2D eigenvalue weighted by atomic mass is 10.1. The molecule has 0 aliphatic heterocycles. The predicted molar refractivity (Wildman–Crippen MR) is 80.4 cm³/mol. The Morgan fingerprint density at radius 1 is 1.32 bits per heavy atom. The second kappa shape index (κ2) is 5.45. The number of aryl methyl sites for hydroxylation is 2. The molecule has 1 amide bonds. The number of thiophene rings is 1. The summed E-state index contributed by atoms with van der Waals surface area (Å²) in [5, 5.41) is 2.05. The molecule has 0 spiro atoms. The number of nitrogens with zero attached hydrogens (tertiary/aromatic N) is 1. The Morgan fingerprint density at radius 3 is 2.63 bits per heavy atom. The van der Waals surface area contributed by atoms with Crippen LogP contribution in [0.5, 0.6) is 0 Å². The number of carbonyl (C=O) groups is 1. The van der Waals surface area contributed by atoms with Gasteiger partial charge >= 0.3 is 0 Å². The maximum Gasteiger partial charge on any atom is 0.254 e. The zero-order valence-corrected chi connectivity index (χ0v) is 12.3. The van der Waals surface area contributed by atoms with Crippen LogP contribution in [-0.4, -0.2) is 17.9 Å². The lowest BCUT2D eigenvalue weighted by Crippen LogP contribution is -2.26. The Morgan fingerprint density at radius 2 is 2.05 bits per heavy atom. The van der Waals surface area contributed by atoms with Crippen LogP contribution in [0.15, 0.2) is 29.6 Å². The SMILES string of the molecule is Cc1cc(N)cc(C(=O)N(C)Cc2sccc2C)c1. The van der Waals surface area contributed by atoms with Crippen LogP contribution in [0.3, 0.4) is 0 Å². The van der Waals surface area contributed by atoms with Crippen molar-refractivity contribution in [1.29, 1.82) is 0 Å². The Hall–Kier alpha value is -1.81. The van der Waals surface area contributed by atoms with Crippen LogP contribution >= 0.6 is 11.3 Å². The fraction of sp³-hybridized carbons (Fsp3) is 0.267. The van der Waals surface area contributed by atoms with Gasteiger partial charge in [-0.3, -0.25) is 4.79 Å². The number of rotatable bonds is 3. The van der Waals surface area contributed by atoms with E-state index in [0.29, 0.717) is 17.8 Å². The molecule has 0 unspecified atom stereocenters. The highest BCUT2D eigenvalue weighted by Gasteiger charge is 2.14. The minimum Gasteiger partial charge on any atom is -0.399 e. The number of anilines is 1. The highest BCUT2D eigenvalue weighted by atomic mass is 32.1. The average molecular weight is 274 g/mol. The topological polar surface area (TPSA) is 46.3 Å². The third-order valence-electron chi connectivity index (χ3n) is 3.04. The van der Waals surface area contributed by atoms with E-state index < -0.39 is 0 Å². The number of benzene rings is 1. The largest absolute Gasteiger partial charge is 0.399 e. The molecule has 0 radical (unpaired) electrons. The second-order valence-corrected chi connectivity index (χ2v) is 5.82. The van der Waals surface area contributed by atoms with Crippen LogP contribution in [-0.2, 0) is 6.54 Å². The maximum atomic E-state index is 12.4. The molecule has 1 aromatic heterocycles. The van der Waals surface area contributed by atoms with Crippen molar-refractivity contribution in [2.45, 2.75) is 20.4 Å². The lowest BCUT2D eigenvalue weighted by molar-refractivity contribution is 0.0786. The van der Waals surface area contributed by atoms with E-state index in [4.69, 9.17) is 5.73 Å². The Bertz CT molecular complexity index is 584. The molecule has 0 saturated carbocycles. The van der Waals surface area contributed by atoms with Crippen molar-refractivity contribution in [1.82, 2.24) is 4.90 Å². The number of hydrogen-bond donors (Lipinski definition) is 1. The zero-order chi connectivity index (χ0) is 14.0. The van der Waals surface area contributed by atoms with E-state index in [2.05, 4.69) is 13.0 Å². The summed E-state index contributed by atoms with van der Waals surface area (Å²) in [6.45, 7) is 4.64. The fourth-order valence-electron chi connectivity index (χ4n) is 2.01. The van der Waals surface area contributed by atoms with Crippen LogP contribution in [0, 0.1) is 13.8 Å². The first-order valence-corrected chi connectivity index (χ1v) is 7.01. The maximum absolute atomic E-state index is 12.4. The summed E-state index contributed by atoms with van der Waals surface area (Å²) in [6.07, 6.45) is 0. The van der Waals surface area contributed by atoms with Crippen molar-refractivity contribution in [3.05, 3.63) is 51.2 Å². The first kappa shape index (κ1) is 13.6. The first-order chi connectivity index (χ1) is 8.97. The molecule has 3 nitrogen and oxygen atoms in total. The predicted octanol–water partition coefficient (Wildman–Crippen LogP) is 3.22. The average Bonchev–Trinajstić information content (AvgIpc) is 2.72. The van der Waals surface area contributed by atoms with Gasteiger partial charge in [0.05, 0.1) is 6.54 Å². The van der Waals surface area contributed by atoms with Gasteiger partial charge in [0.25, 0.3) is 5.91 Å². The summed E-state index contributed by atoms with van der Waals surface area (Å²) in [6, 6.07) is 7.53. The lowest BCUT2D eigenvalue weighted by Gasteiger charge is -2.17. The standard InChI is InChI=1S/C15H18N2OS/c1-10-6-12(8-13(16)7-10)15(18)17(3)9-14-11(2)4-5-19-14/h4-8H,9,16H2,1-3H3. The van der Waals surface area contributed by atoms with Crippen molar-refractivity contribution in [3.63, 3.8) is 0 Å². The molecule has 0 fully saturated rings. The monoisotopic (exact) mass is 274 g/mol. The van der Waals surface area contributed by atoms with Crippen molar-refractivity contribution < 1.29 is 4.79 Å². The van der Waals surface area contributed by atoms with Crippen LogP contribution in [0.4, 0.5) is 5.69 Å². The van der Waals surface area contributed by atoms with Crippen molar-refractivity contribution >= 4 is 22.9 Å². The van der Waals surface area contributed by atoms with Crippen LogP contribution in [0.25, 0.3) is 0 Å². The van der Waals surface area contributed by atoms with E-state index in [1.54, 1.807) is 22.3 Å². The molecule has 0 aliphatic carbocycles. The van der Waals surface area contributed by atoms with Gasteiger partial charge in [0.15, 0.2) is 0 Å². The van der Waals surface area contributed by atoms with E-state index in [9.17, 15) is 4.79 Å². The molecule has 100 valence electrons. The van der Waals surface area contributed by atoms with Gasteiger partial charge in [0.1, 0.15) is 0 Å². The molecule has 0 saturated heterocycles.